The molecule has 0 radical (unpaired) electrons. The number of hydrogen-bond acceptors (Lipinski definition) is 4. The molecular formula is C19H24N4. The predicted molar refractivity (Wildman–Crippen MR) is 94.4 cm³/mol. The molecule has 0 spiro atoms. The number of fused-ring (bicyclic) bond motifs is 1. The van der Waals surface area contributed by atoms with Crippen LogP contribution in [0.1, 0.15) is 43.4 Å². The number of para-hydroxylation sites is 1. The maximum Gasteiger partial charge on any atom is 0.225 e. The molecule has 1 fully saturated rings. The summed E-state index contributed by atoms with van der Waals surface area (Å²) >= 11 is 0. The average Bonchev–Trinajstić information content (AvgIpc) is 3.06. The van der Waals surface area contributed by atoms with Crippen LogP contribution in [-0.4, -0.2) is 22.6 Å². The largest absolute Gasteiger partial charge is 0.351 e. The van der Waals surface area contributed by atoms with Crippen LogP contribution in [0, 0.1) is 6.92 Å². The van der Waals surface area contributed by atoms with Gasteiger partial charge in [0.05, 0.1) is 0 Å². The molecule has 0 amide bonds. The maximum absolute atomic E-state index is 4.82. The zero-order valence-corrected chi connectivity index (χ0v) is 13.8. The van der Waals surface area contributed by atoms with E-state index in [1.54, 1.807) is 0 Å². The molecule has 120 valence electrons. The highest BCUT2D eigenvalue weighted by atomic mass is 15.2. The summed E-state index contributed by atoms with van der Waals surface area (Å²) in [5, 5.41) is 3.54. The Morgan fingerprint density at radius 3 is 2.78 bits per heavy atom. The zero-order valence-electron chi connectivity index (χ0n) is 13.8. The number of anilines is 3. The molecule has 2 aliphatic rings. The lowest BCUT2D eigenvalue weighted by Gasteiger charge is -2.30. The van der Waals surface area contributed by atoms with Crippen molar-refractivity contribution in [2.45, 2.75) is 51.5 Å². The van der Waals surface area contributed by atoms with Gasteiger partial charge < -0.3 is 10.2 Å². The first-order chi connectivity index (χ1) is 11.3. The van der Waals surface area contributed by atoms with Crippen LogP contribution >= 0.6 is 0 Å². The fourth-order valence-electron chi connectivity index (χ4n) is 3.78. The number of hydrogen-bond donors (Lipinski definition) is 1. The van der Waals surface area contributed by atoms with E-state index in [2.05, 4.69) is 52.5 Å². The van der Waals surface area contributed by atoms with E-state index in [1.807, 2.05) is 0 Å². The van der Waals surface area contributed by atoms with Crippen molar-refractivity contribution < 1.29 is 0 Å². The van der Waals surface area contributed by atoms with Crippen LogP contribution in [0.2, 0.25) is 0 Å². The van der Waals surface area contributed by atoms with Crippen LogP contribution in [0.15, 0.2) is 30.3 Å². The summed E-state index contributed by atoms with van der Waals surface area (Å²) in [6.45, 7) is 3.08. The topological polar surface area (TPSA) is 41.1 Å². The minimum absolute atomic E-state index is 0.540. The first-order valence-electron chi connectivity index (χ1n) is 8.77. The molecule has 4 nitrogen and oxygen atoms in total. The van der Waals surface area contributed by atoms with Gasteiger partial charge in [-0.2, -0.15) is 4.98 Å². The van der Waals surface area contributed by atoms with Crippen molar-refractivity contribution in [2.24, 2.45) is 0 Å². The summed E-state index contributed by atoms with van der Waals surface area (Å²) in [5.41, 5.74) is 3.74. The van der Waals surface area contributed by atoms with E-state index in [-0.39, 0.29) is 0 Å². The lowest BCUT2D eigenvalue weighted by Crippen LogP contribution is -2.26. The van der Waals surface area contributed by atoms with Gasteiger partial charge in [-0.25, -0.2) is 4.98 Å². The third-order valence-corrected chi connectivity index (χ3v) is 4.92. The summed E-state index contributed by atoms with van der Waals surface area (Å²) < 4.78 is 0. The second-order valence-electron chi connectivity index (χ2n) is 6.70. The highest BCUT2D eigenvalue weighted by molar-refractivity contribution is 5.66. The highest BCUT2D eigenvalue weighted by Crippen LogP contribution is 2.33. The van der Waals surface area contributed by atoms with Crippen molar-refractivity contribution in [1.29, 1.82) is 0 Å². The Hall–Kier alpha value is -2.10. The van der Waals surface area contributed by atoms with Crippen LogP contribution < -0.4 is 10.2 Å². The Morgan fingerprint density at radius 2 is 1.91 bits per heavy atom. The fraction of sp³-hybridized carbons (Fsp3) is 0.474. The molecule has 1 saturated carbocycles. The van der Waals surface area contributed by atoms with Gasteiger partial charge in [0, 0.05) is 30.0 Å². The van der Waals surface area contributed by atoms with Crippen LogP contribution in [-0.2, 0) is 6.42 Å². The molecule has 0 unspecified atom stereocenters. The third kappa shape index (κ3) is 3.03. The Balaban J connectivity index is 1.65. The van der Waals surface area contributed by atoms with E-state index in [0.717, 1.165) is 30.4 Å². The maximum atomic E-state index is 4.82. The smallest absolute Gasteiger partial charge is 0.225 e. The summed E-state index contributed by atoms with van der Waals surface area (Å²) in [6, 6.07) is 11.3. The molecule has 0 saturated heterocycles. The number of aryl methyl sites for hydroxylation is 2. The minimum Gasteiger partial charge on any atom is -0.351 e. The molecular weight excluding hydrogens is 284 g/mol. The normalized spacial score (nSPS) is 18.0. The molecule has 1 aromatic carbocycles. The number of nitrogens with one attached hydrogen (secondary N) is 1. The fourth-order valence-corrected chi connectivity index (χ4v) is 3.78. The van der Waals surface area contributed by atoms with E-state index in [0.29, 0.717) is 6.04 Å². The standard InChI is InChI=1S/C19H24N4/c1-14-13-18(22-19(20-14)21-16-9-3-4-10-16)23-12-6-8-15-7-2-5-11-17(15)23/h2,5,7,11,13,16H,3-4,6,8-10,12H2,1H3,(H,20,21,22). The SMILES string of the molecule is Cc1cc(N2CCCc3ccccc32)nc(NC2CCCC2)n1. The number of nitrogens with zero attached hydrogens (tertiary/aromatic N) is 3. The third-order valence-electron chi connectivity index (χ3n) is 4.92. The van der Waals surface area contributed by atoms with Gasteiger partial charge in [0.1, 0.15) is 5.82 Å². The van der Waals surface area contributed by atoms with Crippen molar-refractivity contribution in [3.8, 4) is 0 Å². The van der Waals surface area contributed by atoms with E-state index < -0.39 is 0 Å². The Morgan fingerprint density at radius 1 is 1.09 bits per heavy atom. The van der Waals surface area contributed by atoms with Crippen molar-refractivity contribution in [3.63, 3.8) is 0 Å². The molecule has 2 heterocycles. The van der Waals surface area contributed by atoms with Crippen LogP contribution in [0.4, 0.5) is 17.5 Å². The van der Waals surface area contributed by atoms with Crippen LogP contribution in [0.25, 0.3) is 0 Å². The van der Waals surface area contributed by atoms with Crippen molar-refractivity contribution in [1.82, 2.24) is 9.97 Å². The predicted octanol–water partition coefficient (Wildman–Crippen LogP) is 4.22. The van der Waals surface area contributed by atoms with E-state index >= 15 is 0 Å². The summed E-state index contributed by atoms with van der Waals surface area (Å²) in [7, 11) is 0. The molecule has 1 N–H and O–H groups in total. The quantitative estimate of drug-likeness (QED) is 0.921. The molecule has 4 heteroatoms. The molecule has 0 atom stereocenters. The summed E-state index contributed by atoms with van der Waals surface area (Å²) in [5.74, 6) is 1.81. The Bertz CT molecular complexity index is 692. The van der Waals surface area contributed by atoms with E-state index in [9.17, 15) is 0 Å². The second-order valence-corrected chi connectivity index (χ2v) is 6.70. The molecule has 1 aliphatic carbocycles. The summed E-state index contributed by atoms with van der Waals surface area (Å²) in [6.07, 6.45) is 7.43. The summed E-state index contributed by atoms with van der Waals surface area (Å²) in [4.78, 5) is 11.8. The van der Waals surface area contributed by atoms with Gasteiger partial charge in [0.2, 0.25) is 5.95 Å². The number of aromatic nitrogens is 2. The lowest BCUT2D eigenvalue weighted by atomic mass is 10.0. The van der Waals surface area contributed by atoms with E-state index in [4.69, 9.17) is 4.98 Å². The average molecular weight is 308 g/mol. The monoisotopic (exact) mass is 308 g/mol. The van der Waals surface area contributed by atoms with Gasteiger partial charge in [0.25, 0.3) is 0 Å². The van der Waals surface area contributed by atoms with Crippen molar-refractivity contribution in [2.75, 3.05) is 16.8 Å². The Labute approximate surface area is 138 Å². The molecule has 4 rings (SSSR count). The van der Waals surface area contributed by atoms with Gasteiger partial charge in [-0.3, -0.25) is 0 Å². The van der Waals surface area contributed by atoms with Gasteiger partial charge in [0.15, 0.2) is 0 Å². The van der Waals surface area contributed by atoms with Crippen molar-refractivity contribution >= 4 is 17.5 Å². The lowest BCUT2D eigenvalue weighted by molar-refractivity contribution is 0.736. The number of rotatable bonds is 3. The number of benzene rings is 1. The molecule has 2 aromatic rings. The van der Waals surface area contributed by atoms with Crippen LogP contribution in [0.3, 0.4) is 0 Å². The molecule has 1 aromatic heterocycles. The van der Waals surface area contributed by atoms with Crippen LogP contribution in [0.5, 0.6) is 0 Å². The van der Waals surface area contributed by atoms with Gasteiger partial charge in [-0.1, -0.05) is 31.0 Å². The Kier molecular flexibility index (Phi) is 3.90. The minimum atomic E-state index is 0.540. The van der Waals surface area contributed by atoms with Gasteiger partial charge >= 0.3 is 0 Å². The molecule has 23 heavy (non-hydrogen) atoms. The van der Waals surface area contributed by atoms with E-state index in [1.165, 1.54) is 43.4 Å². The van der Waals surface area contributed by atoms with Gasteiger partial charge in [-0.05, 0) is 44.2 Å². The second kappa shape index (κ2) is 6.19. The molecule has 0 bridgehead atoms. The highest BCUT2D eigenvalue weighted by Gasteiger charge is 2.21. The molecule has 1 aliphatic heterocycles. The first-order valence-corrected chi connectivity index (χ1v) is 8.77. The first kappa shape index (κ1) is 14.5. The van der Waals surface area contributed by atoms with Gasteiger partial charge in [-0.15, -0.1) is 0 Å². The zero-order chi connectivity index (χ0) is 15.6. The van der Waals surface area contributed by atoms with Crippen molar-refractivity contribution in [3.05, 3.63) is 41.6 Å².